The molecule has 120 valence electrons. The van der Waals surface area contributed by atoms with Crippen LogP contribution in [0, 0.1) is 0 Å². The lowest BCUT2D eigenvalue weighted by atomic mass is 10.0. The number of benzene rings is 1. The molecule has 0 bridgehead atoms. The molecule has 0 aliphatic carbocycles. The third-order valence-corrected chi connectivity index (χ3v) is 4.07. The van der Waals surface area contributed by atoms with Crippen LogP contribution in [0.3, 0.4) is 0 Å². The first-order valence-electron chi connectivity index (χ1n) is 7.60. The molecule has 1 aromatic carbocycles. The van der Waals surface area contributed by atoms with Crippen molar-refractivity contribution in [2.45, 2.75) is 31.8 Å². The summed E-state index contributed by atoms with van der Waals surface area (Å²) in [7, 11) is 0. The highest BCUT2D eigenvalue weighted by atomic mass is 16.4. The maximum Gasteiger partial charge on any atom is 0.358 e. The lowest BCUT2D eigenvalue weighted by Crippen LogP contribution is -2.39. The van der Waals surface area contributed by atoms with Gasteiger partial charge < -0.3 is 10.0 Å². The SMILES string of the molecule is O=C(O)c1cn(CC(=O)N2CCCC2Cc2ccccc2)nn1. The molecule has 7 nitrogen and oxygen atoms in total. The lowest BCUT2D eigenvalue weighted by molar-refractivity contribution is -0.132. The van der Waals surface area contributed by atoms with Crippen LogP contribution in [-0.2, 0) is 17.8 Å². The Morgan fingerprint density at radius 3 is 2.74 bits per heavy atom. The van der Waals surface area contributed by atoms with Gasteiger partial charge in [0, 0.05) is 12.6 Å². The van der Waals surface area contributed by atoms with Crippen molar-refractivity contribution in [3.8, 4) is 0 Å². The van der Waals surface area contributed by atoms with Crippen molar-refractivity contribution in [2.24, 2.45) is 0 Å². The second-order valence-corrected chi connectivity index (χ2v) is 5.68. The van der Waals surface area contributed by atoms with Crippen LogP contribution in [0.4, 0.5) is 0 Å². The molecule has 2 aromatic rings. The third kappa shape index (κ3) is 3.56. The van der Waals surface area contributed by atoms with Gasteiger partial charge in [-0.25, -0.2) is 9.48 Å². The zero-order valence-corrected chi connectivity index (χ0v) is 12.6. The predicted molar refractivity (Wildman–Crippen MR) is 81.9 cm³/mol. The molecule has 1 aromatic heterocycles. The van der Waals surface area contributed by atoms with Crippen molar-refractivity contribution in [3.63, 3.8) is 0 Å². The number of aromatic nitrogens is 3. The minimum absolute atomic E-state index is 0.0194. The van der Waals surface area contributed by atoms with Crippen molar-refractivity contribution < 1.29 is 14.7 Å². The molecular weight excluding hydrogens is 296 g/mol. The van der Waals surface area contributed by atoms with Gasteiger partial charge in [-0.2, -0.15) is 0 Å². The fraction of sp³-hybridized carbons (Fsp3) is 0.375. The summed E-state index contributed by atoms with van der Waals surface area (Å²) in [4.78, 5) is 25.2. The van der Waals surface area contributed by atoms with Gasteiger partial charge in [-0.1, -0.05) is 35.5 Å². The number of carbonyl (C=O) groups excluding carboxylic acids is 1. The fourth-order valence-electron chi connectivity index (χ4n) is 2.97. The van der Waals surface area contributed by atoms with E-state index in [4.69, 9.17) is 5.11 Å². The minimum atomic E-state index is -1.15. The average molecular weight is 314 g/mol. The minimum Gasteiger partial charge on any atom is -0.476 e. The smallest absolute Gasteiger partial charge is 0.358 e. The molecule has 7 heteroatoms. The molecule has 1 aliphatic rings. The van der Waals surface area contributed by atoms with E-state index >= 15 is 0 Å². The Labute approximate surface area is 133 Å². The summed E-state index contributed by atoms with van der Waals surface area (Å²) in [5, 5.41) is 16.1. The predicted octanol–water partition coefficient (Wildman–Crippen LogP) is 1.21. The Balaban J connectivity index is 1.64. The van der Waals surface area contributed by atoms with Crippen molar-refractivity contribution in [1.29, 1.82) is 0 Å². The fourth-order valence-corrected chi connectivity index (χ4v) is 2.97. The van der Waals surface area contributed by atoms with Gasteiger partial charge in [0.05, 0.1) is 6.20 Å². The molecule has 1 fully saturated rings. The van der Waals surface area contributed by atoms with E-state index in [-0.39, 0.29) is 24.2 Å². The van der Waals surface area contributed by atoms with Gasteiger partial charge in [0.1, 0.15) is 6.54 Å². The van der Waals surface area contributed by atoms with Crippen molar-refractivity contribution >= 4 is 11.9 Å². The van der Waals surface area contributed by atoms with E-state index in [1.807, 2.05) is 23.1 Å². The van der Waals surface area contributed by atoms with E-state index in [2.05, 4.69) is 22.4 Å². The first kappa shape index (κ1) is 15.2. The van der Waals surface area contributed by atoms with Crippen LogP contribution in [0.1, 0.15) is 28.9 Å². The molecule has 0 saturated carbocycles. The Bertz CT molecular complexity index is 698. The summed E-state index contributed by atoms with van der Waals surface area (Å²) in [6.45, 7) is 0.752. The summed E-state index contributed by atoms with van der Waals surface area (Å²) in [6.07, 6.45) is 4.09. The standard InChI is InChI=1S/C16H18N4O3/c21-15(11-19-10-14(16(22)23)17-18-19)20-8-4-7-13(20)9-12-5-2-1-3-6-12/h1-3,5-6,10,13H,4,7-9,11H2,(H,22,23). The number of carboxylic acid groups (broad SMARTS) is 1. The normalized spacial score (nSPS) is 17.4. The Morgan fingerprint density at radius 1 is 1.26 bits per heavy atom. The number of carboxylic acids is 1. The summed E-state index contributed by atoms with van der Waals surface area (Å²) in [6, 6.07) is 10.3. The van der Waals surface area contributed by atoms with Gasteiger partial charge in [0.15, 0.2) is 5.69 Å². The van der Waals surface area contributed by atoms with Crippen molar-refractivity contribution in [3.05, 3.63) is 47.8 Å². The Kier molecular flexibility index (Phi) is 4.36. The van der Waals surface area contributed by atoms with Gasteiger partial charge in [-0.3, -0.25) is 4.79 Å². The number of hydrogen-bond acceptors (Lipinski definition) is 4. The number of amides is 1. The molecule has 0 radical (unpaired) electrons. The molecule has 1 atom stereocenters. The van der Waals surface area contributed by atoms with Crippen LogP contribution >= 0.6 is 0 Å². The molecule has 23 heavy (non-hydrogen) atoms. The van der Waals surface area contributed by atoms with Crippen LogP contribution in [0.15, 0.2) is 36.5 Å². The molecule has 3 rings (SSSR count). The van der Waals surface area contributed by atoms with Crippen LogP contribution in [0.5, 0.6) is 0 Å². The topological polar surface area (TPSA) is 88.3 Å². The zero-order valence-electron chi connectivity index (χ0n) is 12.6. The van der Waals surface area contributed by atoms with E-state index < -0.39 is 5.97 Å². The van der Waals surface area contributed by atoms with Crippen LogP contribution in [0.25, 0.3) is 0 Å². The van der Waals surface area contributed by atoms with Crippen molar-refractivity contribution in [1.82, 2.24) is 19.9 Å². The highest BCUT2D eigenvalue weighted by Crippen LogP contribution is 2.21. The molecular formula is C16H18N4O3. The number of nitrogens with zero attached hydrogens (tertiary/aromatic N) is 4. The number of aromatic carboxylic acids is 1. The quantitative estimate of drug-likeness (QED) is 0.896. The van der Waals surface area contributed by atoms with Gasteiger partial charge in [0.25, 0.3) is 0 Å². The van der Waals surface area contributed by atoms with E-state index in [9.17, 15) is 9.59 Å². The number of likely N-dealkylation sites (tertiary alicyclic amines) is 1. The van der Waals surface area contributed by atoms with E-state index in [0.717, 1.165) is 25.8 Å². The molecule has 1 unspecified atom stereocenters. The molecule has 2 heterocycles. The number of carbonyl (C=O) groups is 2. The largest absolute Gasteiger partial charge is 0.476 e. The summed E-state index contributed by atoms with van der Waals surface area (Å²) in [5.74, 6) is -1.20. The lowest BCUT2D eigenvalue weighted by Gasteiger charge is -2.24. The van der Waals surface area contributed by atoms with Crippen LogP contribution < -0.4 is 0 Å². The van der Waals surface area contributed by atoms with Crippen molar-refractivity contribution in [2.75, 3.05) is 6.54 Å². The van der Waals surface area contributed by atoms with Crippen LogP contribution in [-0.4, -0.2) is 49.5 Å². The molecule has 0 spiro atoms. The monoisotopic (exact) mass is 314 g/mol. The van der Waals surface area contributed by atoms with E-state index in [1.54, 1.807) is 0 Å². The number of hydrogen-bond donors (Lipinski definition) is 1. The zero-order chi connectivity index (χ0) is 16.2. The summed E-state index contributed by atoms with van der Waals surface area (Å²) < 4.78 is 1.28. The molecule has 1 N–H and O–H groups in total. The summed E-state index contributed by atoms with van der Waals surface area (Å²) >= 11 is 0. The average Bonchev–Trinajstić information content (AvgIpc) is 3.17. The third-order valence-electron chi connectivity index (χ3n) is 4.07. The maximum absolute atomic E-state index is 12.5. The molecule has 1 saturated heterocycles. The Morgan fingerprint density at radius 2 is 2.04 bits per heavy atom. The van der Waals surface area contributed by atoms with Crippen LogP contribution in [0.2, 0.25) is 0 Å². The first-order chi connectivity index (χ1) is 11.1. The maximum atomic E-state index is 12.5. The second-order valence-electron chi connectivity index (χ2n) is 5.68. The van der Waals surface area contributed by atoms with Gasteiger partial charge in [-0.05, 0) is 24.8 Å². The van der Waals surface area contributed by atoms with Gasteiger partial charge in [0.2, 0.25) is 5.91 Å². The second kappa shape index (κ2) is 6.60. The highest BCUT2D eigenvalue weighted by molar-refractivity contribution is 5.84. The first-order valence-corrected chi connectivity index (χ1v) is 7.60. The van der Waals surface area contributed by atoms with E-state index in [0.29, 0.717) is 0 Å². The van der Waals surface area contributed by atoms with E-state index in [1.165, 1.54) is 16.4 Å². The molecule has 1 amide bonds. The number of rotatable bonds is 5. The molecule has 1 aliphatic heterocycles. The Hall–Kier alpha value is -2.70. The van der Waals surface area contributed by atoms with Gasteiger partial charge in [-0.15, -0.1) is 5.10 Å². The highest BCUT2D eigenvalue weighted by Gasteiger charge is 2.29. The summed E-state index contributed by atoms with van der Waals surface area (Å²) in [5.41, 5.74) is 1.06. The van der Waals surface area contributed by atoms with Gasteiger partial charge >= 0.3 is 5.97 Å².